The fraction of sp³-hybridized carbons (Fsp3) is 0.667. The lowest BCUT2D eigenvalue weighted by molar-refractivity contribution is 0.0109. The maximum Gasteiger partial charge on any atom is 0.513 e. The molecule has 2 rings (SSSR count). The number of allylic oxidation sites excluding steroid dienone is 3. The molecule has 1 saturated carbocycles. The summed E-state index contributed by atoms with van der Waals surface area (Å²) in [6, 6.07) is 0. The van der Waals surface area contributed by atoms with Crippen LogP contribution in [0.25, 0.3) is 0 Å². The van der Waals surface area contributed by atoms with Gasteiger partial charge in [0, 0.05) is 0 Å². The van der Waals surface area contributed by atoms with Gasteiger partial charge in [-0.25, -0.2) is 4.79 Å². The van der Waals surface area contributed by atoms with Crippen LogP contribution in [0.5, 0.6) is 0 Å². The number of hydrogen-bond donors (Lipinski definition) is 0. The Kier molecular flexibility index (Phi) is 3.79. The molecule has 3 heteroatoms. The standard InChI is InChI=1S/C15H22O3/c1-15(2,3)18-14(16)17-8-4-5-12-9-11-6-7-13(12)10-11/h4,6-8,11-13H,5,9-10H2,1-3H3. The number of carbonyl (C=O) groups is 1. The minimum absolute atomic E-state index is 0.500. The Labute approximate surface area is 109 Å². The molecule has 0 radical (unpaired) electrons. The molecule has 2 bridgehead atoms. The molecule has 3 nitrogen and oxygen atoms in total. The third-order valence-corrected chi connectivity index (χ3v) is 3.51. The molecule has 0 aromatic heterocycles. The smallest absolute Gasteiger partial charge is 0.428 e. The molecular weight excluding hydrogens is 228 g/mol. The first kappa shape index (κ1) is 13.2. The lowest BCUT2D eigenvalue weighted by Gasteiger charge is -2.18. The highest BCUT2D eigenvalue weighted by atomic mass is 16.7. The largest absolute Gasteiger partial charge is 0.513 e. The van der Waals surface area contributed by atoms with E-state index in [1.165, 1.54) is 19.1 Å². The predicted octanol–water partition coefficient (Wildman–Crippen LogP) is 4.05. The summed E-state index contributed by atoms with van der Waals surface area (Å²) >= 11 is 0. The molecule has 0 aliphatic heterocycles. The van der Waals surface area contributed by atoms with E-state index in [2.05, 4.69) is 12.2 Å². The van der Waals surface area contributed by atoms with Gasteiger partial charge in [-0.1, -0.05) is 12.2 Å². The summed E-state index contributed by atoms with van der Waals surface area (Å²) in [6.07, 6.45) is 11.0. The van der Waals surface area contributed by atoms with Crippen LogP contribution in [0.1, 0.15) is 40.0 Å². The van der Waals surface area contributed by atoms with Crippen molar-refractivity contribution in [1.82, 2.24) is 0 Å². The number of carbonyl (C=O) groups excluding carboxylic acids is 1. The molecule has 2 aliphatic rings. The van der Waals surface area contributed by atoms with Crippen LogP contribution < -0.4 is 0 Å². The van der Waals surface area contributed by atoms with Crippen molar-refractivity contribution in [2.45, 2.75) is 45.6 Å². The van der Waals surface area contributed by atoms with Crippen molar-refractivity contribution in [3.63, 3.8) is 0 Å². The van der Waals surface area contributed by atoms with Gasteiger partial charge in [-0.15, -0.1) is 0 Å². The van der Waals surface area contributed by atoms with Crippen molar-refractivity contribution in [1.29, 1.82) is 0 Å². The zero-order valence-corrected chi connectivity index (χ0v) is 11.4. The topological polar surface area (TPSA) is 35.5 Å². The van der Waals surface area contributed by atoms with Gasteiger partial charge in [-0.05, 0) is 63.9 Å². The fourth-order valence-corrected chi connectivity index (χ4v) is 2.77. The second-order valence-corrected chi connectivity index (χ2v) is 6.23. The van der Waals surface area contributed by atoms with Crippen LogP contribution in [-0.4, -0.2) is 11.8 Å². The summed E-state index contributed by atoms with van der Waals surface area (Å²) in [5.74, 6) is 2.25. The van der Waals surface area contributed by atoms with E-state index in [0.29, 0.717) is 0 Å². The minimum Gasteiger partial charge on any atom is -0.428 e. The van der Waals surface area contributed by atoms with Crippen LogP contribution in [0.2, 0.25) is 0 Å². The molecule has 0 spiro atoms. The number of rotatable bonds is 3. The van der Waals surface area contributed by atoms with E-state index < -0.39 is 11.8 Å². The molecule has 18 heavy (non-hydrogen) atoms. The van der Waals surface area contributed by atoms with Gasteiger partial charge in [0.05, 0.1) is 6.26 Å². The first-order valence-corrected chi connectivity index (χ1v) is 6.67. The average Bonchev–Trinajstić information content (AvgIpc) is 2.83. The Morgan fingerprint density at radius 3 is 2.67 bits per heavy atom. The Balaban J connectivity index is 1.67. The summed E-state index contributed by atoms with van der Waals surface area (Å²) in [5, 5.41) is 0. The van der Waals surface area contributed by atoms with E-state index >= 15 is 0 Å². The fourth-order valence-electron chi connectivity index (χ4n) is 2.77. The van der Waals surface area contributed by atoms with Crippen molar-refractivity contribution in [2.75, 3.05) is 0 Å². The maximum atomic E-state index is 11.3. The molecule has 1 fully saturated rings. The van der Waals surface area contributed by atoms with E-state index in [4.69, 9.17) is 9.47 Å². The molecule has 0 N–H and O–H groups in total. The minimum atomic E-state index is -0.633. The highest BCUT2D eigenvalue weighted by molar-refractivity contribution is 5.61. The van der Waals surface area contributed by atoms with Crippen LogP contribution in [0.15, 0.2) is 24.5 Å². The predicted molar refractivity (Wildman–Crippen MR) is 69.9 cm³/mol. The molecular formula is C15H22O3. The molecule has 0 aromatic carbocycles. The third-order valence-electron chi connectivity index (χ3n) is 3.51. The average molecular weight is 250 g/mol. The van der Waals surface area contributed by atoms with Crippen LogP contribution in [0.4, 0.5) is 4.79 Å². The third kappa shape index (κ3) is 3.62. The van der Waals surface area contributed by atoms with Crippen molar-refractivity contribution >= 4 is 6.16 Å². The van der Waals surface area contributed by atoms with Crippen molar-refractivity contribution in [2.24, 2.45) is 17.8 Å². The molecule has 2 aliphatic carbocycles. The molecule has 3 unspecified atom stereocenters. The monoisotopic (exact) mass is 250 g/mol. The van der Waals surface area contributed by atoms with Gasteiger partial charge in [0.1, 0.15) is 5.60 Å². The van der Waals surface area contributed by atoms with Crippen molar-refractivity contribution in [3.05, 3.63) is 24.5 Å². The summed E-state index contributed by atoms with van der Waals surface area (Å²) in [7, 11) is 0. The molecule has 0 amide bonds. The summed E-state index contributed by atoms with van der Waals surface area (Å²) < 4.78 is 9.93. The van der Waals surface area contributed by atoms with E-state index in [1.54, 1.807) is 0 Å². The van der Waals surface area contributed by atoms with Gasteiger partial charge in [-0.3, -0.25) is 0 Å². The SMILES string of the molecule is CC(C)(C)OC(=O)OC=CCC1CC2C=CC1C2. The van der Waals surface area contributed by atoms with Gasteiger partial charge in [0.15, 0.2) is 0 Å². The number of hydrogen-bond acceptors (Lipinski definition) is 3. The molecule has 100 valence electrons. The lowest BCUT2D eigenvalue weighted by Crippen LogP contribution is -2.23. The highest BCUT2D eigenvalue weighted by Crippen LogP contribution is 2.44. The highest BCUT2D eigenvalue weighted by Gasteiger charge is 2.34. The molecule has 0 aromatic rings. The molecule has 3 atom stereocenters. The second-order valence-electron chi connectivity index (χ2n) is 6.23. The lowest BCUT2D eigenvalue weighted by atomic mass is 9.91. The van der Waals surface area contributed by atoms with Gasteiger partial charge >= 0.3 is 6.16 Å². The Bertz CT molecular complexity index is 362. The Morgan fingerprint density at radius 2 is 2.11 bits per heavy atom. The van der Waals surface area contributed by atoms with E-state index in [9.17, 15) is 4.79 Å². The van der Waals surface area contributed by atoms with Crippen molar-refractivity contribution in [3.8, 4) is 0 Å². The maximum absolute atomic E-state index is 11.3. The second kappa shape index (κ2) is 5.17. The van der Waals surface area contributed by atoms with Crippen LogP contribution >= 0.6 is 0 Å². The van der Waals surface area contributed by atoms with Crippen molar-refractivity contribution < 1.29 is 14.3 Å². The zero-order chi connectivity index (χ0) is 13.2. The first-order chi connectivity index (χ1) is 8.44. The number of ether oxygens (including phenoxy) is 2. The van der Waals surface area contributed by atoms with Gasteiger partial charge in [0.25, 0.3) is 0 Å². The Morgan fingerprint density at radius 1 is 1.33 bits per heavy atom. The normalized spacial score (nSPS) is 30.1. The first-order valence-electron chi connectivity index (χ1n) is 6.67. The van der Waals surface area contributed by atoms with E-state index in [1.807, 2.05) is 26.8 Å². The molecule has 0 heterocycles. The van der Waals surface area contributed by atoms with E-state index in [0.717, 1.165) is 24.2 Å². The zero-order valence-electron chi connectivity index (χ0n) is 11.4. The summed E-state index contributed by atoms with van der Waals surface area (Å²) in [6.45, 7) is 5.46. The summed E-state index contributed by atoms with van der Waals surface area (Å²) in [4.78, 5) is 11.3. The Hall–Kier alpha value is -1.25. The van der Waals surface area contributed by atoms with Crippen LogP contribution in [-0.2, 0) is 9.47 Å². The van der Waals surface area contributed by atoms with Gasteiger partial charge in [-0.2, -0.15) is 0 Å². The van der Waals surface area contributed by atoms with Crippen LogP contribution in [0, 0.1) is 17.8 Å². The quantitative estimate of drug-likeness (QED) is 0.430. The van der Waals surface area contributed by atoms with Crippen LogP contribution in [0.3, 0.4) is 0 Å². The van der Waals surface area contributed by atoms with Gasteiger partial charge < -0.3 is 9.47 Å². The molecule has 0 saturated heterocycles. The van der Waals surface area contributed by atoms with Gasteiger partial charge in [0.2, 0.25) is 0 Å². The van der Waals surface area contributed by atoms with E-state index in [-0.39, 0.29) is 0 Å². The summed E-state index contributed by atoms with van der Waals surface area (Å²) in [5.41, 5.74) is -0.500. The number of fused-ring (bicyclic) bond motifs is 2.